The molecular formula is C9H21NOS. The van der Waals surface area contributed by atoms with Crippen LogP contribution in [-0.4, -0.2) is 35.8 Å². The van der Waals surface area contributed by atoms with Gasteiger partial charge in [-0.25, -0.2) is 0 Å². The molecular weight excluding hydrogens is 170 g/mol. The highest BCUT2D eigenvalue weighted by molar-refractivity contribution is 7.99. The van der Waals surface area contributed by atoms with Crippen LogP contribution in [0.4, 0.5) is 0 Å². The van der Waals surface area contributed by atoms with Crippen LogP contribution >= 0.6 is 11.8 Å². The van der Waals surface area contributed by atoms with E-state index in [0.29, 0.717) is 18.6 Å². The van der Waals surface area contributed by atoms with Crippen LogP contribution in [0, 0.1) is 5.92 Å². The monoisotopic (exact) mass is 191 g/mol. The van der Waals surface area contributed by atoms with E-state index in [1.807, 2.05) is 11.8 Å². The van der Waals surface area contributed by atoms with Crippen LogP contribution in [0.15, 0.2) is 0 Å². The molecule has 0 bridgehead atoms. The van der Waals surface area contributed by atoms with Crippen LogP contribution in [0.5, 0.6) is 0 Å². The van der Waals surface area contributed by atoms with Gasteiger partial charge in [0.25, 0.3) is 0 Å². The standard InChI is InChI=1S/C9H21NOS/c1-4-10-9(8(2)3)7-12-6-5-11/h8-11H,4-7H2,1-3H3. The van der Waals surface area contributed by atoms with Crippen molar-refractivity contribution in [2.45, 2.75) is 26.8 Å². The highest BCUT2D eigenvalue weighted by Crippen LogP contribution is 2.09. The van der Waals surface area contributed by atoms with E-state index < -0.39 is 0 Å². The third-order valence-electron chi connectivity index (χ3n) is 1.80. The summed E-state index contributed by atoms with van der Waals surface area (Å²) in [5.41, 5.74) is 0. The largest absolute Gasteiger partial charge is 0.396 e. The summed E-state index contributed by atoms with van der Waals surface area (Å²) in [7, 11) is 0. The molecule has 74 valence electrons. The molecule has 0 fully saturated rings. The third kappa shape index (κ3) is 5.86. The lowest BCUT2D eigenvalue weighted by atomic mass is 10.1. The summed E-state index contributed by atoms with van der Waals surface area (Å²) in [6, 6.07) is 0.589. The Balaban J connectivity index is 3.49. The van der Waals surface area contributed by atoms with E-state index >= 15 is 0 Å². The first-order chi connectivity index (χ1) is 5.72. The zero-order valence-corrected chi connectivity index (χ0v) is 9.16. The van der Waals surface area contributed by atoms with Crippen molar-refractivity contribution in [2.24, 2.45) is 5.92 Å². The third-order valence-corrected chi connectivity index (χ3v) is 2.87. The molecule has 0 heterocycles. The summed E-state index contributed by atoms with van der Waals surface area (Å²) in [5.74, 6) is 2.64. The van der Waals surface area contributed by atoms with E-state index in [4.69, 9.17) is 5.11 Å². The van der Waals surface area contributed by atoms with Crippen LogP contribution in [0.2, 0.25) is 0 Å². The van der Waals surface area contributed by atoms with E-state index in [1.54, 1.807) is 0 Å². The Morgan fingerprint density at radius 3 is 2.50 bits per heavy atom. The molecule has 2 N–H and O–H groups in total. The SMILES string of the molecule is CCNC(CSCCO)C(C)C. The van der Waals surface area contributed by atoms with Gasteiger partial charge in [0.15, 0.2) is 0 Å². The molecule has 0 spiro atoms. The summed E-state index contributed by atoms with van der Waals surface area (Å²) in [5, 5.41) is 12.0. The average Bonchev–Trinajstić information content (AvgIpc) is 2.03. The van der Waals surface area contributed by atoms with Gasteiger partial charge in [-0.05, 0) is 12.5 Å². The Hall–Kier alpha value is 0.270. The normalized spacial score (nSPS) is 13.8. The highest BCUT2D eigenvalue weighted by Gasteiger charge is 2.10. The summed E-state index contributed by atoms with van der Waals surface area (Å²) in [6.07, 6.45) is 0. The molecule has 0 aliphatic heterocycles. The van der Waals surface area contributed by atoms with Gasteiger partial charge in [0.05, 0.1) is 6.61 Å². The van der Waals surface area contributed by atoms with Gasteiger partial charge in [0.2, 0.25) is 0 Å². The topological polar surface area (TPSA) is 32.3 Å². The number of hydrogen-bond acceptors (Lipinski definition) is 3. The number of aliphatic hydroxyl groups is 1. The summed E-state index contributed by atoms with van der Waals surface area (Å²) >= 11 is 1.82. The van der Waals surface area contributed by atoms with Gasteiger partial charge >= 0.3 is 0 Å². The molecule has 1 unspecified atom stereocenters. The number of hydrogen-bond donors (Lipinski definition) is 2. The van der Waals surface area contributed by atoms with Gasteiger partial charge < -0.3 is 10.4 Å². The molecule has 0 aromatic heterocycles. The van der Waals surface area contributed by atoms with Gasteiger partial charge in [-0.15, -0.1) is 0 Å². The Kier molecular flexibility index (Phi) is 8.07. The first-order valence-electron chi connectivity index (χ1n) is 4.64. The number of nitrogens with one attached hydrogen (secondary N) is 1. The van der Waals surface area contributed by atoms with Crippen molar-refractivity contribution in [3.63, 3.8) is 0 Å². The first kappa shape index (κ1) is 12.3. The molecule has 0 aromatic carbocycles. The van der Waals surface area contributed by atoms with E-state index in [9.17, 15) is 0 Å². The van der Waals surface area contributed by atoms with Crippen LogP contribution in [0.1, 0.15) is 20.8 Å². The second kappa shape index (κ2) is 7.90. The van der Waals surface area contributed by atoms with Crippen LogP contribution in [0.3, 0.4) is 0 Å². The van der Waals surface area contributed by atoms with Gasteiger partial charge in [0, 0.05) is 17.5 Å². The first-order valence-corrected chi connectivity index (χ1v) is 5.79. The lowest BCUT2D eigenvalue weighted by Gasteiger charge is -2.20. The Morgan fingerprint density at radius 1 is 1.42 bits per heavy atom. The molecule has 2 nitrogen and oxygen atoms in total. The molecule has 0 aliphatic rings. The second-order valence-corrected chi connectivity index (χ2v) is 4.36. The lowest BCUT2D eigenvalue weighted by molar-refractivity contribution is 0.322. The Labute approximate surface area is 80.1 Å². The molecule has 0 rings (SSSR count). The minimum absolute atomic E-state index is 0.293. The molecule has 0 aromatic rings. The summed E-state index contributed by atoms with van der Waals surface area (Å²) in [4.78, 5) is 0. The van der Waals surface area contributed by atoms with Crippen molar-refractivity contribution < 1.29 is 5.11 Å². The summed E-state index contributed by atoms with van der Waals surface area (Å²) in [6.45, 7) is 7.91. The van der Waals surface area contributed by atoms with Crippen molar-refractivity contribution in [1.82, 2.24) is 5.32 Å². The molecule has 0 aliphatic carbocycles. The number of thioether (sulfide) groups is 1. The Bertz CT molecular complexity index is 98.5. The average molecular weight is 191 g/mol. The van der Waals surface area contributed by atoms with Gasteiger partial charge in [-0.1, -0.05) is 20.8 Å². The maximum Gasteiger partial charge on any atom is 0.0521 e. The maximum atomic E-state index is 8.61. The fourth-order valence-corrected chi connectivity index (χ4v) is 2.08. The van der Waals surface area contributed by atoms with Crippen LogP contribution < -0.4 is 5.32 Å². The molecule has 0 saturated heterocycles. The van der Waals surface area contributed by atoms with Gasteiger partial charge in [-0.3, -0.25) is 0 Å². The van der Waals surface area contributed by atoms with Gasteiger partial charge in [0.1, 0.15) is 0 Å². The van der Waals surface area contributed by atoms with E-state index in [2.05, 4.69) is 26.1 Å². The predicted octanol–water partition coefficient (Wildman–Crippen LogP) is 1.35. The quantitative estimate of drug-likeness (QED) is 0.596. The zero-order chi connectivity index (χ0) is 9.40. The smallest absolute Gasteiger partial charge is 0.0521 e. The van der Waals surface area contributed by atoms with E-state index in [-0.39, 0.29) is 0 Å². The van der Waals surface area contributed by atoms with E-state index in [1.165, 1.54) is 0 Å². The second-order valence-electron chi connectivity index (χ2n) is 3.21. The van der Waals surface area contributed by atoms with Crippen molar-refractivity contribution in [1.29, 1.82) is 0 Å². The minimum Gasteiger partial charge on any atom is -0.396 e. The fraction of sp³-hybridized carbons (Fsp3) is 1.00. The molecule has 0 saturated carbocycles. The van der Waals surface area contributed by atoms with Crippen LogP contribution in [-0.2, 0) is 0 Å². The molecule has 0 radical (unpaired) electrons. The van der Waals surface area contributed by atoms with Gasteiger partial charge in [-0.2, -0.15) is 11.8 Å². The van der Waals surface area contributed by atoms with E-state index in [0.717, 1.165) is 18.1 Å². The molecule has 3 heteroatoms. The zero-order valence-electron chi connectivity index (χ0n) is 8.34. The van der Waals surface area contributed by atoms with Crippen molar-refractivity contribution >= 4 is 11.8 Å². The van der Waals surface area contributed by atoms with Crippen molar-refractivity contribution in [3.05, 3.63) is 0 Å². The fourth-order valence-electron chi connectivity index (χ4n) is 1.02. The molecule has 1 atom stereocenters. The molecule has 12 heavy (non-hydrogen) atoms. The highest BCUT2D eigenvalue weighted by atomic mass is 32.2. The number of rotatable bonds is 7. The maximum absolute atomic E-state index is 8.61. The predicted molar refractivity (Wildman–Crippen MR) is 56.7 cm³/mol. The molecule has 0 amide bonds. The van der Waals surface area contributed by atoms with Crippen molar-refractivity contribution in [3.8, 4) is 0 Å². The lowest BCUT2D eigenvalue weighted by Crippen LogP contribution is -2.35. The van der Waals surface area contributed by atoms with Crippen molar-refractivity contribution in [2.75, 3.05) is 24.7 Å². The summed E-state index contributed by atoms with van der Waals surface area (Å²) < 4.78 is 0. The minimum atomic E-state index is 0.293. The van der Waals surface area contributed by atoms with Crippen LogP contribution in [0.25, 0.3) is 0 Å². The number of aliphatic hydroxyl groups excluding tert-OH is 1. The Morgan fingerprint density at radius 2 is 2.08 bits per heavy atom.